The molecule has 0 amide bonds. The van der Waals surface area contributed by atoms with Crippen molar-refractivity contribution in [3.8, 4) is 0 Å². The first kappa shape index (κ1) is 8.18. The molecule has 0 saturated heterocycles. The van der Waals surface area contributed by atoms with Crippen molar-refractivity contribution in [2.24, 2.45) is 0 Å². The Bertz CT molecular complexity index is 329. The van der Waals surface area contributed by atoms with Gasteiger partial charge in [-0.3, -0.25) is 0 Å². The standard InChI is InChI=1S/C11H14S/c1-6-5-10-8(3)7(2)9(4)11(10)12-6/h5,11H,1-4H3. The molecule has 2 aliphatic rings. The van der Waals surface area contributed by atoms with Crippen LogP contribution in [0.1, 0.15) is 27.7 Å². The molecule has 1 unspecified atom stereocenters. The first-order chi connectivity index (χ1) is 5.61. The number of hydrogen-bond acceptors (Lipinski definition) is 1. The van der Waals surface area contributed by atoms with E-state index in [1.165, 1.54) is 16.1 Å². The highest BCUT2D eigenvalue weighted by atomic mass is 32.2. The lowest BCUT2D eigenvalue weighted by molar-refractivity contribution is 1.21. The number of hydrogen-bond donors (Lipinski definition) is 0. The fourth-order valence-electron chi connectivity index (χ4n) is 1.91. The second-order valence-corrected chi connectivity index (χ2v) is 4.99. The smallest absolute Gasteiger partial charge is 0.0556 e. The van der Waals surface area contributed by atoms with Crippen LogP contribution in [0.2, 0.25) is 0 Å². The van der Waals surface area contributed by atoms with Crippen molar-refractivity contribution in [3.05, 3.63) is 33.3 Å². The largest absolute Gasteiger partial charge is 0.118 e. The summed E-state index contributed by atoms with van der Waals surface area (Å²) >= 11 is 2.00. The summed E-state index contributed by atoms with van der Waals surface area (Å²) in [5.41, 5.74) is 6.11. The molecular formula is C11H14S. The number of thioether (sulfide) groups is 1. The molecule has 1 aliphatic heterocycles. The maximum atomic E-state index is 2.34. The molecule has 0 aromatic rings. The van der Waals surface area contributed by atoms with E-state index in [1.54, 1.807) is 11.1 Å². The van der Waals surface area contributed by atoms with Crippen LogP contribution < -0.4 is 0 Å². The average molecular weight is 178 g/mol. The fraction of sp³-hybridized carbons (Fsp3) is 0.455. The van der Waals surface area contributed by atoms with Crippen molar-refractivity contribution in [3.63, 3.8) is 0 Å². The van der Waals surface area contributed by atoms with Crippen LogP contribution in [-0.2, 0) is 0 Å². The zero-order chi connectivity index (χ0) is 8.88. The van der Waals surface area contributed by atoms with Crippen LogP contribution in [-0.4, -0.2) is 5.25 Å². The molecule has 1 aliphatic carbocycles. The SMILES string of the molecule is CC1=CC2=C(C)C(C)=C(C)C2S1. The summed E-state index contributed by atoms with van der Waals surface area (Å²) in [6, 6.07) is 0. The Morgan fingerprint density at radius 2 is 1.75 bits per heavy atom. The molecule has 1 atom stereocenters. The lowest BCUT2D eigenvalue weighted by Gasteiger charge is -2.06. The molecule has 1 heteroatoms. The van der Waals surface area contributed by atoms with Gasteiger partial charge >= 0.3 is 0 Å². The van der Waals surface area contributed by atoms with E-state index in [0.29, 0.717) is 5.25 Å². The predicted octanol–water partition coefficient (Wildman–Crippen LogP) is 3.67. The fourth-order valence-corrected chi connectivity index (χ4v) is 3.21. The van der Waals surface area contributed by atoms with Gasteiger partial charge in [0.2, 0.25) is 0 Å². The summed E-state index contributed by atoms with van der Waals surface area (Å²) in [7, 11) is 0. The van der Waals surface area contributed by atoms with E-state index in [4.69, 9.17) is 0 Å². The van der Waals surface area contributed by atoms with Gasteiger partial charge in [0, 0.05) is 0 Å². The molecule has 64 valence electrons. The topological polar surface area (TPSA) is 0 Å². The Kier molecular flexibility index (Phi) is 1.72. The zero-order valence-electron chi connectivity index (χ0n) is 8.06. The van der Waals surface area contributed by atoms with Gasteiger partial charge in [-0.2, -0.15) is 0 Å². The Hall–Kier alpha value is -0.430. The first-order valence-electron chi connectivity index (χ1n) is 4.34. The summed E-state index contributed by atoms with van der Waals surface area (Å²) < 4.78 is 0. The first-order valence-corrected chi connectivity index (χ1v) is 5.22. The third kappa shape index (κ3) is 0.925. The minimum atomic E-state index is 0.657. The number of fused-ring (bicyclic) bond motifs is 1. The minimum Gasteiger partial charge on any atom is -0.118 e. The quantitative estimate of drug-likeness (QED) is 0.545. The van der Waals surface area contributed by atoms with Gasteiger partial charge in [-0.15, -0.1) is 11.8 Å². The lowest BCUT2D eigenvalue weighted by atomic mass is 10.1. The summed E-state index contributed by atoms with van der Waals surface area (Å²) in [6.45, 7) is 8.94. The second-order valence-electron chi connectivity index (χ2n) is 3.64. The van der Waals surface area contributed by atoms with Crippen molar-refractivity contribution in [2.45, 2.75) is 32.9 Å². The maximum Gasteiger partial charge on any atom is 0.0556 e. The van der Waals surface area contributed by atoms with Crippen molar-refractivity contribution in [1.29, 1.82) is 0 Å². The molecule has 0 saturated carbocycles. The van der Waals surface area contributed by atoms with Crippen LogP contribution in [0.25, 0.3) is 0 Å². The Morgan fingerprint density at radius 1 is 1.08 bits per heavy atom. The zero-order valence-corrected chi connectivity index (χ0v) is 8.88. The maximum absolute atomic E-state index is 2.34. The molecule has 2 rings (SSSR count). The average Bonchev–Trinajstić information content (AvgIpc) is 2.49. The molecule has 0 aromatic heterocycles. The van der Waals surface area contributed by atoms with Crippen LogP contribution in [0.5, 0.6) is 0 Å². The summed E-state index contributed by atoms with van der Waals surface area (Å²) in [5.74, 6) is 0. The van der Waals surface area contributed by atoms with Gasteiger partial charge in [-0.05, 0) is 55.4 Å². The van der Waals surface area contributed by atoms with Gasteiger partial charge in [0.1, 0.15) is 0 Å². The molecule has 0 spiro atoms. The summed E-state index contributed by atoms with van der Waals surface area (Å²) in [6.07, 6.45) is 2.34. The Morgan fingerprint density at radius 3 is 2.33 bits per heavy atom. The molecule has 0 nitrogen and oxygen atoms in total. The van der Waals surface area contributed by atoms with E-state index >= 15 is 0 Å². The monoisotopic (exact) mass is 178 g/mol. The Balaban J connectivity index is 2.49. The number of rotatable bonds is 0. The van der Waals surface area contributed by atoms with E-state index in [-0.39, 0.29) is 0 Å². The van der Waals surface area contributed by atoms with Crippen LogP contribution in [0.4, 0.5) is 0 Å². The van der Waals surface area contributed by atoms with E-state index < -0.39 is 0 Å². The van der Waals surface area contributed by atoms with Gasteiger partial charge in [0.25, 0.3) is 0 Å². The minimum absolute atomic E-state index is 0.657. The summed E-state index contributed by atoms with van der Waals surface area (Å²) in [5, 5.41) is 0.657. The molecule has 0 aromatic carbocycles. The van der Waals surface area contributed by atoms with Gasteiger partial charge < -0.3 is 0 Å². The molecule has 1 heterocycles. The highest BCUT2D eigenvalue weighted by Gasteiger charge is 2.30. The van der Waals surface area contributed by atoms with E-state index in [1.807, 2.05) is 11.8 Å². The highest BCUT2D eigenvalue weighted by Crippen LogP contribution is 2.47. The normalized spacial score (nSPS) is 28.3. The van der Waals surface area contributed by atoms with Crippen LogP contribution >= 0.6 is 11.8 Å². The summed E-state index contributed by atoms with van der Waals surface area (Å²) in [4.78, 5) is 1.46. The molecular weight excluding hydrogens is 164 g/mol. The van der Waals surface area contributed by atoms with Gasteiger partial charge in [0.15, 0.2) is 0 Å². The van der Waals surface area contributed by atoms with Crippen LogP contribution in [0.3, 0.4) is 0 Å². The van der Waals surface area contributed by atoms with Gasteiger partial charge in [-0.25, -0.2) is 0 Å². The lowest BCUT2D eigenvalue weighted by Crippen LogP contribution is -1.97. The second kappa shape index (κ2) is 2.53. The molecule has 0 N–H and O–H groups in total. The number of allylic oxidation sites excluding steroid dienone is 4. The molecule has 0 bridgehead atoms. The van der Waals surface area contributed by atoms with Gasteiger partial charge in [0.05, 0.1) is 5.25 Å². The van der Waals surface area contributed by atoms with Crippen molar-refractivity contribution < 1.29 is 0 Å². The molecule has 12 heavy (non-hydrogen) atoms. The third-order valence-electron chi connectivity index (χ3n) is 2.93. The van der Waals surface area contributed by atoms with E-state index in [2.05, 4.69) is 33.8 Å². The van der Waals surface area contributed by atoms with E-state index in [9.17, 15) is 0 Å². The van der Waals surface area contributed by atoms with Crippen LogP contribution in [0, 0.1) is 0 Å². The highest BCUT2D eigenvalue weighted by molar-refractivity contribution is 8.04. The Labute approximate surface area is 78.4 Å². The van der Waals surface area contributed by atoms with Crippen molar-refractivity contribution >= 4 is 11.8 Å². The molecule has 0 fully saturated rings. The predicted molar refractivity (Wildman–Crippen MR) is 56.2 cm³/mol. The van der Waals surface area contributed by atoms with Crippen LogP contribution in [0.15, 0.2) is 33.3 Å². The van der Waals surface area contributed by atoms with Crippen molar-refractivity contribution in [1.82, 2.24) is 0 Å². The third-order valence-corrected chi connectivity index (χ3v) is 4.26. The van der Waals surface area contributed by atoms with Gasteiger partial charge in [-0.1, -0.05) is 5.57 Å². The molecule has 0 radical (unpaired) electrons. The van der Waals surface area contributed by atoms with Crippen molar-refractivity contribution in [2.75, 3.05) is 0 Å². The van der Waals surface area contributed by atoms with E-state index in [0.717, 1.165) is 0 Å².